The maximum absolute atomic E-state index is 14.8. The summed E-state index contributed by atoms with van der Waals surface area (Å²) in [5.74, 6) is 1.45. The summed E-state index contributed by atoms with van der Waals surface area (Å²) >= 11 is 0. The Hall–Kier alpha value is -2.26. The zero-order valence-corrected chi connectivity index (χ0v) is 17.5. The fourth-order valence-corrected chi connectivity index (χ4v) is 7.25. The van der Waals surface area contributed by atoms with Gasteiger partial charge in [-0.3, -0.25) is 0 Å². The van der Waals surface area contributed by atoms with Crippen molar-refractivity contribution in [3.8, 4) is 5.75 Å². The van der Waals surface area contributed by atoms with E-state index in [2.05, 4.69) is 55.5 Å². The van der Waals surface area contributed by atoms with Crippen LogP contribution in [0.15, 0.2) is 93.5 Å². The quantitative estimate of drug-likeness (QED) is 0.421. The van der Waals surface area contributed by atoms with Gasteiger partial charge in [0.25, 0.3) is 0 Å². The lowest BCUT2D eigenvalue weighted by molar-refractivity contribution is 0.0275. The second-order valence-electron chi connectivity index (χ2n) is 8.52. The van der Waals surface area contributed by atoms with E-state index in [9.17, 15) is 4.39 Å². The summed E-state index contributed by atoms with van der Waals surface area (Å²) in [6, 6.07) is 26.4. The molecule has 3 unspecified atom stereocenters. The van der Waals surface area contributed by atoms with E-state index in [1.165, 1.54) is 29.1 Å². The molecule has 5 rings (SSSR count). The molecule has 2 saturated carbocycles. The first-order valence-electron chi connectivity index (χ1n) is 10.5. The summed E-state index contributed by atoms with van der Waals surface area (Å²) in [6.07, 6.45) is 4.79. The van der Waals surface area contributed by atoms with Gasteiger partial charge in [0.1, 0.15) is 5.60 Å². The van der Waals surface area contributed by atoms with E-state index >= 15 is 0 Å². The van der Waals surface area contributed by atoms with E-state index in [0.717, 1.165) is 17.2 Å². The molecule has 0 amide bonds. The number of ether oxygens (including phenoxy) is 1. The minimum Gasteiger partial charge on any atom is -0.484 e. The summed E-state index contributed by atoms with van der Waals surface area (Å²) in [6.45, 7) is 2.18. The zero-order chi connectivity index (χ0) is 19.8. The van der Waals surface area contributed by atoms with Crippen LogP contribution in [0.1, 0.15) is 32.6 Å². The molecule has 148 valence electrons. The number of rotatable bonds is 5. The molecule has 0 N–H and O–H groups in total. The van der Waals surface area contributed by atoms with Crippen LogP contribution < -0.4 is 4.74 Å². The molecule has 0 saturated heterocycles. The van der Waals surface area contributed by atoms with Crippen molar-refractivity contribution in [3.05, 3.63) is 84.7 Å². The van der Waals surface area contributed by atoms with Crippen LogP contribution in [0.5, 0.6) is 5.75 Å². The van der Waals surface area contributed by atoms with Gasteiger partial charge < -0.3 is 4.74 Å². The topological polar surface area (TPSA) is 9.23 Å². The minimum absolute atomic E-state index is 0.236. The molecule has 3 aromatic carbocycles. The van der Waals surface area contributed by atoms with Crippen LogP contribution in [0, 0.1) is 17.7 Å². The fraction of sp³-hybridized carbons (Fsp3) is 0.308. The zero-order valence-electron chi connectivity index (χ0n) is 16.7. The highest BCUT2D eigenvalue weighted by Crippen LogP contribution is 2.52. The second-order valence-corrected chi connectivity index (χ2v) is 10.5. The Morgan fingerprint density at radius 3 is 2.07 bits per heavy atom. The third kappa shape index (κ3) is 3.57. The van der Waals surface area contributed by atoms with E-state index in [0.29, 0.717) is 11.7 Å². The molecule has 1 nitrogen and oxygen atoms in total. The number of hydrogen-bond donors (Lipinski definition) is 0. The van der Waals surface area contributed by atoms with Crippen LogP contribution in [0.2, 0.25) is 0 Å². The molecule has 3 aromatic rings. The molecule has 2 bridgehead atoms. The third-order valence-corrected chi connectivity index (χ3v) is 8.75. The second kappa shape index (κ2) is 7.53. The van der Waals surface area contributed by atoms with Crippen molar-refractivity contribution < 1.29 is 9.13 Å². The van der Waals surface area contributed by atoms with Gasteiger partial charge >= 0.3 is 0 Å². The summed E-state index contributed by atoms with van der Waals surface area (Å²) in [7, 11) is -0.298. The summed E-state index contributed by atoms with van der Waals surface area (Å²) < 4.78 is 21.2. The van der Waals surface area contributed by atoms with Gasteiger partial charge in [0.15, 0.2) is 26.3 Å². The van der Waals surface area contributed by atoms with Crippen LogP contribution in [0.3, 0.4) is 0 Å². The molecule has 3 atom stereocenters. The number of benzene rings is 3. The lowest BCUT2D eigenvalue weighted by atomic mass is 9.85. The molecule has 2 fully saturated rings. The van der Waals surface area contributed by atoms with E-state index in [-0.39, 0.29) is 22.3 Å². The molecule has 2 aliphatic carbocycles. The Morgan fingerprint density at radius 2 is 1.52 bits per heavy atom. The number of fused-ring (bicyclic) bond motifs is 2. The van der Waals surface area contributed by atoms with Crippen molar-refractivity contribution in [1.82, 2.24) is 0 Å². The van der Waals surface area contributed by atoms with Crippen molar-refractivity contribution in [1.29, 1.82) is 0 Å². The lowest BCUT2D eigenvalue weighted by Gasteiger charge is -2.34. The molecule has 0 aromatic heterocycles. The van der Waals surface area contributed by atoms with Gasteiger partial charge in [0.2, 0.25) is 0 Å². The molecule has 2 aliphatic rings. The predicted molar refractivity (Wildman–Crippen MR) is 116 cm³/mol. The van der Waals surface area contributed by atoms with E-state index in [1.54, 1.807) is 6.07 Å². The van der Waals surface area contributed by atoms with Crippen LogP contribution >= 0.6 is 0 Å². The van der Waals surface area contributed by atoms with Crippen LogP contribution in [-0.2, 0) is 10.9 Å². The summed E-state index contributed by atoms with van der Waals surface area (Å²) in [5.41, 5.74) is -0.236. The average molecular weight is 406 g/mol. The fourth-order valence-electron chi connectivity index (χ4n) is 5.14. The van der Waals surface area contributed by atoms with Crippen LogP contribution in [0.4, 0.5) is 4.39 Å². The molecule has 0 spiro atoms. The highest BCUT2D eigenvalue weighted by molar-refractivity contribution is 7.97. The molecule has 0 heterocycles. The first-order valence-corrected chi connectivity index (χ1v) is 11.7. The Labute approximate surface area is 175 Å². The summed E-state index contributed by atoms with van der Waals surface area (Å²) in [5, 5.41) is 0. The SMILES string of the molecule is CC1(Oc2cc([S+](c3ccccc3)c3ccccc3)ccc2F)CC2CCC1C2. The number of halogens is 1. The monoisotopic (exact) mass is 405 g/mol. The van der Waals surface area contributed by atoms with E-state index in [1.807, 2.05) is 24.3 Å². The standard InChI is InChI=1S/C26H26FOS/c1-26(18-19-12-13-20(26)16-19)28-25-17-23(14-15-24(25)27)29(21-8-4-2-5-9-21)22-10-6-3-7-11-22/h2-11,14-15,17,19-20H,12-13,16,18H2,1H3/q+1. The Morgan fingerprint density at radius 1 is 0.862 bits per heavy atom. The van der Waals surface area contributed by atoms with Gasteiger partial charge in [0.05, 0.1) is 10.9 Å². The smallest absolute Gasteiger partial charge is 0.170 e. The van der Waals surface area contributed by atoms with Gasteiger partial charge in [-0.1, -0.05) is 36.4 Å². The van der Waals surface area contributed by atoms with Crippen molar-refractivity contribution in [3.63, 3.8) is 0 Å². The molecular weight excluding hydrogens is 379 g/mol. The number of hydrogen-bond acceptors (Lipinski definition) is 1. The largest absolute Gasteiger partial charge is 0.484 e. The molecule has 3 heteroatoms. The Bertz CT molecular complexity index is 951. The lowest BCUT2D eigenvalue weighted by Crippen LogP contribution is -2.38. The van der Waals surface area contributed by atoms with Gasteiger partial charge in [-0.25, -0.2) is 4.39 Å². The van der Waals surface area contributed by atoms with E-state index in [4.69, 9.17) is 4.74 Å². The normalized spacial score (nSPS) is 25.5. The van der Waals surface area contributed by atoms with E-state index < -0.39 is 0 Å². The third-order valence-electron chi connectivity index (χ3n) is 6.54. The first-order chi connectivity index (χ1) is 14.1. The molecular formula is C26H26FOS+. The molecule has 29 heavy (non-hydrogen) atoms. The maximum atomic E-state index is 14.8. The van der Waals surface area contributed by atoms with Crippen LogP contribution in [0.25, 0.3) is 0 Å². The molecule has 0 radical (unpaired) electrons. The summed E-state index contributed by atoms with van der Waals surface area (Å²) in [4.78, 5) is 3.54. The van der Waals surface area contributed by atoms with Crippen molar-refractivity contribution in [2.45, 2.75) is 52.9 Å². The minimum atomic E-state index is -0.298. The highest BCUT2D eigenvalue weighted by Gasteiger charge is 2.50. The van der Waals surface area contributed by atoms with Crippen LogP contribution in [-0.4, -0.2) is 5.60 Å². The highest BCUT2D eigenvalue weighted by atomic mass is 32.2. The Balaban J connectivity index is 1.53. The van der Waals surface area contributed by atoms with Gasteiger partial charge in [0, 0.05) is 6.07 Å². The van der Waals surface area contributed by atoms with Crippen molar-refractivity contribution >= 4 is 10.9 Å². The Kier molecular flexibility index (Phi) is 4.87. The predicted octanol–water partition coefficient (Wildman–Crippen LogP) is 6.88. The first kappa shape index (κ1) is 18.7. The van der Waals surface area contributed by atoms with Gasteiger partial charge in [-0.2, -0.15) is 0 Å². The van der Waals surface area contributed by atoms with Crippen molar-refractivity contribution in [2.75, 3.05) is 0 Å². The van der Waals surface area contributed by atoms with Crippen molar-refractivity contribution in [2.24, 2.45) is 11.8 Å². The van der Waals surface area contributed by atoms with Gasteiger partial charge in [-0.05, 0) is 80.8 Å². The maximum Gasteiger partial charge on any atom is 0.170 e. The molecule has 0 aliphatic heterocycles. The van der Waals surface area contributed by atoms with Gasteiger partial charge in [-0.15, -0.1) is 0 Å². The average Bonchev–Trinajstić information content (AvgIpc) is 3.33.